The first-order valence-corrected chi connectivity index (χ1v) is 6.46. The number of hydrogen-bond donors (Lipinski definition) is 1. The lowest BCUT2D eigenvalue weighted by atomic mass is 9.89. The van der Waals surface area contributed by atoms with Crippen molar-refractivity contribution in [3.05, 3.63) is 35.9 Å². The Morgan fingerprint density at radius 2 is 1.76 bits per heavy atom. The normalized spacial score (nSPS) is 12.1. The van der Waals surface area contributed by atoms with Crippen LogP contribution in [-0.4, -0.2) is 31.6 Å². The van der Waals surface area contributed by atoms with Gasteiger partial charge in [-0.1, -0.05) is 44.2 Å². The molecule has 17 heavy (non-hydrogen) atoms. The fourth-order valence-corrected chi connectivity index (χ4v) is 1.67. The molecule has 0 spiro atoms. The molecule has 1 rings (SSSR count). The standard InChI is InChI=1S/C15H26N2/c1-15(2,13-16)10-12-17(3)11-9-14-7-5-4-6-8-14/h4-8H,9-13,16H2,1-3H3. The molecular formula is C15H26N2. The highest BCUT2D eigenvalue weighted by Gasteiger charge is 2.15. The highest BCUT2D eigenvalue weighted by Crippen LogP contribution is 2.18. The molecule has 2 nitrogen and oxygen atoms in total. The van der Waals surface area contributed by atoms with E-state index < -0.39 is 0 Å². The summed E-state index contributed by atoms with van der Waals surface area (Å²) in [6, 6.07) is 10.7. The predicted molar refractivity (Wildman–Crippen MR) is 75.1 cm³/mol. The zero-order valence-electron chi connectivity index (χ0n) is 11.4. The van der Waals surface area contributed by atoms with Crippen LogP contribution in [0.1, 0.15) is 25.8 Å². The van der Waals surface area contributed by atoms with Gasteiger partial charge in [0.1, 0.15) is 0 Å². The van der Waals surface area contributed by atoms with Gasteiger partial charge in [0.05, 0.1) is 0 Å². The number of benzene rings is 1. The zero-order valence-corrected chi connectivity index (χ0v) is 11.4. The van der Waals surface area contributed by atoms with Crippen molar-refractivity contribution in [1.82, 2.24) is 4.90 Å². The van der Waals surface area contributed by atoms with Gasteiger partial charge in [0.25, 0.3) is 0 Å². The smallest absolute Gasteiger partial charge is 0.00188 e. The second-order valence-corrected chi connectivity index (χ2v) is 5.66. The average molecular weight is 234 g/mol. The lowest BCUT2D eigenvalue weighted by molar-refractivity contribution is 0.256. The van der Waals surface area contributed by atoms with Crippen LogP contribution in [0.25, 0.3) is 0 Å². The molecule has 0 aliphatic heterocycles. The Morgan fingerprint density at radius 3 is 2.35 bits per heavy atom. The molecule has 0 unspecified atom stereocenters. The molecule has 1 aromatic carbocycles. The second kappa shape index (κ2) is 6.77. The molecule has 0 saturated heterocycles. The number of likely N-dealkylation sites (N-methyl/N-ethyl adjacent to an activating group) is 1. The maximum absolute atomic E-state index is 5.74. The van der Waals surface area contributed by atoms with Crippen LogP contribution in [0.5, 0.6) is 0 Å². The molecule has 0 fully saturated rings. The molecule has 2 heteroatoms. The number of nitrogens with two attached hydrogens (primary N) is 1. The van der Waals surface area contributed by atoms with Crippen molar-refractivity contribution in [1.29, 1.82) is 0 Å². The third kappa shape index (κ3) is 5.85. The summed E-state index contributed by atoms with van der Waals surface area (Å²) >= 11 is 0. The third-order valence-corrected chi connectivity index (χ3v) is 3.35. The Morgan fingerprint density at radius 1 is 1.12 bits per heavy atom. The molecule has 2 N–H and O–H groups in total. The van der Waals surface area contributed by atoms with Gasteiger partial charge in [-0.25, -0.2) is 0 Å². The first-order chi connectivity index (χ1) is 8.03. The van der Waals surface area contributed by atoms with Crippen LogP contribution >= 0.6 is 0 Å². The molecular weight excluding hydrogens is 208 g/mol. The molecule has 96 valence electrons. The fraction of sp³-hybridized carbons (Fsp3) is 0.600. The summed E-state index contributed by atoms with van der Waals surface area (Å²) < 4.78 is 0. The Hall–Kier alpha value is -0.860. The van der Waals surface area contributed by atoms with E-state index in [0.29, 0.717) is 0 Å². The molecule has 0 aromatic heterocycles. The van der Waals surface area contributed by atoms with Gasteiger partial charge in [-0.05, 0) is 44.0 Å². The summed E-state index contributed by atoms with van der Waals surface area (Å²) in [5.41, 5.74) is 7.42. The van der Waals surface area contributed by atoms with Crippen molar-refractivity contribution in [2.45, 2.75) is 26.7 Å². The minimum absolute atomic E-state index is 0.265. The van der Waals surface area contributed by atoms with Crippen molar-refractivity contribution >= 4 is 0 Å². The first-order valence-electron chi connectivity index (χ1n) is 6.46. The first kappa shape index (κ1) is 14.2. The van der Waals surface area contributed by atoms with E-state index in [9.17, 15) is 0 Å². The van der Waals surface area contributed by atoms with Crippen molar-refractivity contribution in [3.8, 4) is 0 Å². The summed E-state index contributed by atoms with van der Waals surface area (Å²) in [5.74, 6) is 0. The van der Waals surface area contributed by atoms with Gasteiger partial charge in [-0.3, -0.25) is 0 Å². The predicted octanol–water partition coefficient (Wildman–Crippen LogP) is 2.54. The van der Waals surface area contributed by atoms with Crippen molar-refractivity contribution in [2.75, 3.05) is 26.7 Å². The Bertz CT molecular complexity index is 306. The maximum atomic E-state index is 5.74. The number of rotatable bonds is 7. The fourth-order valence-electron chi connectivity index (χ4n) is 1.67. The topological polar surface area (TPSA) is 29.3 Å². The van der Waals surface area contributed by atoms with Crippen molar-refractivity contribution in [2.24, 2.45) is 11.1 Å². The van der Waals surface area contributed by atoms with Gasteiger partial charge >= 0.3 is 0 Å². The lowest BCUT2D eigenvalue weighted by Crippen LogP contribution is -2.30. The summed E-state index contributed by atoms with van der Waals surface area (Å²) in [6.07, 6.45) is 2.29. The number of nitrogens with zero attached hydrogens (tertiary/aromatic N) is 1. The van der Waals surface area contributed by atoms with Gasteiger partial charge in [0.2, 0.25) is 0 Å². The second-order valence-electron chi connectivity index (χ2n) is 5.66. The lowest BCUT2D eigenvalue weighted by Gasteiger charge is -2.26. The molecule has 0 radical (unpaired) electrons. The van der Waals surface area contributed by atoms with E-state index in [-0.39, 0.29) is 5.41 Å². The van der Waals surface area contributed by atoms with E-state index in [1.54, 1.807) is 0 Å². The van der Waals surface area contributed by atoms with E-state index in [2.05, 4.69) is 56.1 Å². The highest BCUT2D eigenvalue weighted by atomic mass is 15.1. The summed E-state index contributed by atoms with van der Waals surface area (Å²) in [6.45, 7) is 7.47. The molecule has 0 aliphatic rings. The van der Waals surface area contributed by atoms with Gasteiger partial charge in [0.15, 0.2) is 0 Å². The SMILES string of the molecule is CN(CCc1ccccc1)CCC(C)(C)CN. The summed E-state index contributed by atoms with van der Waals surface area (Å²) in [7, 11) is 2.19. The quantitative estimate of drug-likeness (QED) is 0.785. The largest absolute Gasteiger partial charge is 0.330 e. The minimum atomic E-state index is 0.265. The van der Waals surface area contributed by atoms with Crippen LogP contribution in [0, 0.1) is 5.41 Å². The summed E-state index contributed by atoms with van der Waals surface area (Å²) in [4.78, 5) is 2.39. The monoisotopic (exact) mass is 234 g/mol. The van der Waals surface area contributed by atoms with Crippen LogP contribution in [0.3, 0.4) is 0 Å². The van der Waals surface area contributed by atoms with E-state index in [4.69, 9.17) is 5.73 Å². The molecule has 0 aliphatic carbocycles. The third-order valence-electron chi connectivity index (χ3n) is 3.35. The summed E-state index contributed by atoms with van der Waals surface area (Å²) in [5, 5.41) is 0. The van der Waals surface area contributed by atoms with Crippen molar-refractivity contribution < 1.29 is 0 Å². The Balaban J connectivity index is 2.24. The zero-order chi connectivity index (χ0) is 12.7. The number of hydrogen-bond acceptors (Lipinski definition) is 2. The van der Waals surface area contributed by atoms with E-state index in [0.717, 1.165) is 32.5 Å². The average Bonchev–Trinajstić information content (AvgIpc) is 2.35. The van der Waals surface area contributed by atoms with Gasteiger partial charge < -0.3 is 10.6 Å². The molecule has 0 saturated carbocycles. The van der Waals surface area contributed by atoms with Gasteiger partial charge in [0, 0.05) is 6.54 Å². The van der Waals surface area contributed by atoms with Crippen molar-refractivity contribution in [3.63, 3.8) is 0 Å². The molecule has 0 amide bonds. The van der Waals surface area contributed by atoms with Crippen LogP contribution in [0.4, 0.5) is 0 Å². The molecule has 0 heterocycles. The van der Waals surface area contributed by atoms with E-state index >= 15 is 0 Å². The minimum Gasteiger partial charge on any atom is -0.330 e. The Labute approximate surface area is 106 Å². The van der Waals surface area contributed by atoms with Crippen LogP contribution in [0.2, 0.25) is 0 Å². The maximum Gasteiger partial charge on any atom is 0.00188 e. The van der Waals surface area contributed by atoms with Crippen LogP contribution < -0.4 is 5.73 Å². The van der Waals surface area contributed by atoms with E-state index in [1.165, 1.54) is 5.56 Å². The van der Waals surface area contributed by atoms with Crippen LogP contribution in [-0.2, 0) is 6.42 Å². The van der Waals surface area contributed by atoms with Crippen LogP contribution in [0.15, 0.2) is 30.3 Å². The van der Waals surface area contributed by atoms with Gasteiger partial charge in [-0.2, -0.15) is 0 Å². The molecule has 0 bridgehead atoms. The van der Waals surface area contributed by atoms with E-state index in [1.807, 2.05) is 0 Å². The highest BCUT2D eigenvalue weighted by molar-refractivity contribution is 5.14. The molecule has 1 aromatic rings. The molecule has 0 atom stereocenters. The van der Waals surface area contributed by atoms with Gasteiger partial charge in [-0.15, -0.1) is 0 Å². The Kier molecular flexibility index (Phi) is 5.66.